The lowest BCUT2D eigenvalue weighted by atomic mass is 9.83. The predicted octanol–water partition coefficient (Wildman–Crippen LogP) is 5.72. The number of carbonyl (C=O) groups excluding carboxylic acids is 1. The molecule has 2 aromatic rings. The van der Waals surface area contributed by atoms with Gasteiger partial charge in [-0.05, 0) is 36.5 Å². The molecular formula is C22H28O2. The van der Waals surface area contributed by atoms with E-state index in [1.54, 1.807) is 0 Å². The van der Waals surface area contributed by atoms with Crippen molar-refractivity contribution in [2.75, 3.05) is 0 Å². The molecule has 0 saturated heterocycles. The molecule has 0 aliphatic rings. The van der Waals surface area contributed by atoms with E-state index in [4.69, 9.17) is 4.74 Å². The fourth-order valence-electron chi connectivity index (χ4n) is 2.84. The van der Waals surface area contributed by atoms with E-state index >= 15 is 0 Å². The highest BCUT2D eigenvalue weighted by atomic mass is 16.6. The number of rotatable bonds is 4. The predicted molar refractivity (Wildman–Crippen MR) is 99.5 cm³/mol. The van der Waals surface area contributed by atoms with Gasteiger partial charge in [0.15, 0.2) is 0 Å². The van der Waals surface area contributed by atoms with Crippen LogP contribution in [0.2, 0.25) is 0 Å². The molecule has 2 nitrogen and oxygen atoms in total. The maximum absolute atomic E-state index is 12.8. The van der Waals surface area contributed by atoms with Gasteiger partial charge in [-0.1, -0.05) is 76.2 Å². The summed E-state index contributed by atoms with van der Waals surface area (Å²) in [5, 5.41) is 0. The van der Waals surface area contributed by atoms with Crippen molar-refractivity contribution in [3.63, 3.8) is 0 Å². The molecule has 0 spiro atoms. The molecule has 0 aromatic heterocycles. The zero-order valence-corrected chi connectivity index (χ0v) is 15.6. The van der Waals surface area contributed by atoms with Crippen LogP contribution >= 0.6 is 0 Å². The molecule has 0 N–H and O–H groups in total. The minimum absolute atomic E-state index is 0.101. The Morgan fingerprint density at radius 2 is 1.42 bits per heavy atom. The van der Waals surface area contributed by atoms with Crippen LogP contribution in [0.5, 0.6) is 0 Å². The lowest BCUT2D eigenvalue weighted by Crippen LogP contribution is -2.34. The summed E-state index contributed by atoms with van der Waals surface area (Å²) < 4.78 is 5.94. The Labute approximate surface area is 145 Å². The molecule has 0 heterocycles. The van der Waals surface area contributed by atoms with Crippen molar-refractivity contribution in [1.29, 1.82) is 0 Å². The van der Waals surface area contributed by atoms with Crippen LogP contribution in [0.3, 0.4) is 0 Å². The van der Waals surface area contributed by atoms with Crippen LogP contribution in [0.25, 0.3) is 0 Å². The number of ether oxygens (including phenoxy) is 1. The first-order chi connectivity index (χ1) is 11.1. The second-order valence-corrected chi connectivity index (χ2v) is 7.92. The Morgan fingerprint density at radius 1 is 0.875 bits per heavy atom. The third-order valence-corrected chi connectivity index (χ3v) is 4.65. The normalized spacial score (nSPS) is 13.4. The summed E-state index contributed by atoms with van der Waals surface area (Å²) in [6, 6.07) is 17.9. The van der Waals surface area contributed by atoms with Crippen molar-refractivity contribution in [3.05, 3.63) is 71.3 Å². The fourth-order valence-corrected chi connectivity index (χ4v) is 2.84. The maximum atomic E-state index is 12.8. The molecule has 128 valence electrons. The fraction of sp³-hybridized carbons (Fsp3) is 0.409. The van der Waals surface area contributed by atoms with Crippen LogP contribution in [0.15, 0.2) is 54.6 Å². The molecule has 0 saturated carbocycles. The molecule has 0 aliphatic carbocycles. The van der Waals surface area contributed by atoms with Gasteiger partial charge in [-0.3, -0.25) is 0 Å². The van der Waals surface area contributed by atoms with Crippen molar-refractivity contribution in [2.24, 2.45) is 0 Å². The third kappa shape index (κ3) is 4.05. The van der Waals surface area contributed by atoms with Crippen LogP contribution in [0, 0.1) is 0 Å². The lowest BCUT2D eigenvalue weighted by molar-refractivity contribution is -0.0113. The van der Waals surface area contributed by atoms with Crippen LogP contribution < -0.4 is 0 Å². The Kier molecular flexibility index (Phi) is 5.17. The quantitative estimate of drug-likeness (QED) is 0.672. The van der Waals surface area contributed by atoms with Gasteiger partial charge < -0.3 is 4.74 Å². The zero-order valence-electron chi connectivity index (χ0n) is 15.6. The minimum Gasteiger partial charge on any atom is -0.455 e. The monoisotopic (exact) mass is 324 g/mol. The zero-order chi connectivity index (χ0) is 18.0. The Morgan fingerprint density at radius 3 is 2.00 bits per heavy atom. The SMILES string of the molecule is CC(c1ccccc1)C(C)(C)OC(=O)c1ccccc1C(C)(C)C. The van der Waals surface area contributed by atoms with Gasteiger partial charge >= 0.3 is 5.97 Å². The summed E-state index contributed by atoms with van der Waals surface area (Å²) in [5.41, 5.74) is 2.13. The summed E-state index contributed by atoms with van der Waals surface area (Å²) in [6.45, 7) is 12.4. The Balaban J connectivity index is 2.26. The molecule has 2 aromatic carbocycles. The van der Waals surface area contributed by atoms with E-state index in [1.807, 2.05) is 56.3 Å². The summed E-state index contributed by atoms with van der Waals surface area (Å²) in [7, 11) is 0. The topological polar surface area (TPSA) is 26.3 Å². The van der Waals surface area contributed by atoms with Crippen molar-refractivity contribution in [2.45, 2.75) is 58.5 Å². The molecule has 0 radical (unpaired) electrons. The Bertz CT molecular complexity index is 693. The summed E-state index contributed by atoms with van der Waals surface area (Å²) in [6.07, 6.45) is 0. The van der Waals surface area contributed by atoms with Gasteiger partial charge in [-0.25, -0.2) is 4.79 Å². The summed E-state index contributed by atoms with van der Waals surface area (Å²) >= 11 is 0. The highest BCUT2D eigenvalue weighted by molar-refractivity contribution is 5.91. The average molecular weight is 324 g/mol. The maximum Gasteiger partial charge on any atom is 0.338 e. The van der Waals surface area contributed by atoms with Crippen molar-refractivity contribution < 1.29 is 9.53 Å². The van der Waals surface area contributed by atoms with Crippen molar-refractivity contribution >= 4 is 5.97 Å². The smallest absolute Gasteiger partial charge is 0.338 e. The van der Waals surface area contributed by atoms with Gasteiger partial charge in [-0.2, -0.15) is 0 Å². The van der Waals surface area contributed by atoms with E-state index in [9.17, 15) is 4.79 Å². The average Bonchev–Trinajstić information content (AvgIpc) is 2.53. The van der Waals surface area contributed by atoms with Gasteiger partial charge in [0.05, 0.1) is 5.56 Å². The van der Waals surface area contributed by atoms with Crippen molar-refractivity contribution in [1.82, 2.24) is 0 Å². The number of hydrogen-bond acceptors (Lipinski definition) is 2. The molecule has 24 heavy (non-hydrogen) atoms. The van der Waals surface area contributed by atoms with Crippen LogP contribution in [0.4, 0.5) is 0 Å². The Hall–Kier alpha value is -2.09. The second-order valence-electron chi connectivity index (χ2n) is 7.92. The molecule has 2 rings (SSSR count). The highest BCUT2D eigenvalue weighted by Gasteiger charge is 2.33. The second kappa shape index (κ2) is 6.80. The third-order valence-electron chi connectivity index (χ3n) is 4.65. The minimum atomic E-state index is -0.594. The van der Waals surface area contributed by atoms with E-state index in [0.29, 0.717) is 5.56 Å². The number of esters is 1. The van der Waals surface area contributed by atoms with E-state index in [0.717, 1.165) is 5.56 Å². The van der Waals surface area contributed by atoms with Crippen molar-refractivity contribution in [3.8, 4) is 0 Å². The lowest BCUT2D eigenvalue weighted by Gasteiger charge is -2.33. The van der Waals surface area contributed by atoms with E-state index in [2.05, 4.69) is 39.8 Å². The first-order valence-corrected chi connectivity index (χ1v) is 8.51. The first-order valence-electron chi connectivity index (χ1n) is 8.51. The van der Waals surface area contributed by atoms with E-state index in [-0.39, 0.29) is 17.3 Å². The number of carbonyl (C=O) groups is 1. The first kappa shape index (κ1) is 18.3. The number of hydrogen-bond donors (Lipinski definition) is 0. The highest BCUT2D eigenvalue weighted by Crippen LogP contribution is 2.33. The molecule has 1 atom stereocenters. The molecular weight excluding hydrogens is 296 g/mol. The van der Waals surface area contributed by atoms with Gasteiger partial charge in [-0.15, -0.1) is 0 Å². The number of benzene rings is 2. The van der Waals surface area contributed by atoms with E-state index < -0.39 is 5.60 Å². The largest absolute Gasteiger partial charge is 0.455 e. The molecule has 0 amide bonds. The van der Waals surface area contributed by atoms with Crippen LogP contribution in [-0.2, 0) is 10.2 Å². The van der Waals surface area contributed by atoms with Gasteiger partial charge in [0.1, 0.15) is 5.60 Å². The van der Waals surface area contributed by atoms with Gasteiger partial charge in [0.2, 0.25) is 0 Å². The summed E-state index contributed by atoms with van der Waals surface area (Å²) in [5.74, 6) is -0.155. The molecule has 0 aliphatic heterocycles. The van der Waals surface area contributed by atoms with Gasteiger partial charge in [0.25, 0.3) is 0 Å². The van der Waals surface area contributed by atoms with Gasteiger partial charge in [0, 0.05) is 5.92 Å². The molecule has 0 bridgehead atoms. The molecule has 0 fully saturated rings. The summed E-state index contributed by atoms with van der Waals surface area (Å²) in [4.78, 5) is 12.8. The molecule has 1 unspecified atom stereocenters. The van der Waals surface area contributed by atoms with Crippen LogP contribution in [-0.4, -0.2) is 11.6 Å². The van der Waals surface area contributed by atoms with Crippen LogP contribution in [0.1, 0.15) is 68.9 Å². The standard InChI is InChI=1S/C22H28O2/c1-16(17-12-8-7-9-13-17)22(5,6)24-20(23)18-14-10-11-15-19(18)21(2,3)4/h7-16H,1-6H3. The van der Waals surface area contributed by atoms with E-state index in [1.165, 1.54) is 5.56 Å². The molecule has 2 heteroatoms.